The Morgan fingerprint density at radius 3 is 2.72 bits per heavy atom. The van der Waals surface area contributed by atoms with Gasteiger partial charge >= 0.3 is 0 Å². The summed E-state index contributed by atoms with van der Waals surface area (Å²) in [5.74, 6) is 0. The highest BCUT2D eigenvalue weighted by atomic mass is 35.5. The Morgan fingerprint density at radius 2 is 1.94 bits per heavy atom. The van der Waals surface area contributed by atoms with Crippen molar-refractivity contribution in [1.29, 1.82) is 0 Å². The van der Waals surface area contributed by atoms with Gasteiger partial charge in [0.2, 0.25) is 0 Å². The average Bonchev–Trinajstić information content (AvgIpc) is 2.72. The molecule has 2 N–H and O–H groups in total. The molecule has 2 heterocycles. The zero-order chi connectivity index (χ0) is 11.7. The number of nitrogens with one attached hydrogen (secondary N) is 2. The molecule has 0 atom stereocenters. The van der Waals surface area contributed by atoms with Crippen LogP contribution in [0.15, 0.2) is 35.1 Å². The minimum Gasteiger partial charge on any atom is -0.301 e. The number of aromatic nitrogens is 2. The Morgan fingerprint density at radius 1 is 1.17 bits per heavy atom. The quantitative estimate of drug-likeness (QED) is 0.868. The molecule has 0 radical (unpaired) electrons. The largest absolute Gasteiger partial charge is 0.301 e. The summed E-state index contributed by atoms with van der Waals surface area (Å²) in [6, 6.07) is 10.4. The Kier molecular flexibility index (Phi) is 3.89. The van der Waals surface area contributed by atoms with Crippen molar-refractivity contribution >= 4 is 12.4 Å². The van der Waals surface area contributed by atoms with Gasteiger partial charge in [0, 0.05) is 25.2 Å². The van der Waals surface area contributed by atoms with E-state index in [1.165, 1.54) is 5.56 Å². The third-order valence-corrected chi connectivity index (χ3v) is 3.27. The molecule has 0 aliphatic carbocycles. The smallest absolute Gasteiger partial charge is 0.267 e. The molecule has 2 aromatic rings. The second-order valence-electron chi connectivity index (χ2n) is 4.48. The van der Waals surface area contributed by atoms with Crippen molar-refractivity contribution in [2.24, 2.45) is 0 Å². The van der Waals surface area contributed by atoms with Crippen LogP contribution in [0.4, 0.5) is 0 Å². The van der Waals surface area contributed by atoms with Gasteiger partial charge in [0.1, 0.15) is 0 Å². The maximum Gasteiger partial charge on any atom is 0.267 e. The molecule has 0 saturated heterocycles. The molecule has 0 amide bonds. The van der Waals surface area contributed by atoms with E-state index in [9.17, 15) is 4.79 Å². The van der Waals surface area contributed by atoms with Gasteiger partial charge < -0.3 is 5.10 Å². The lowest BCUT2D eigenvalue weighted by molar-refractivity contribution is 0.242. The molecule has 0 fully saturated rings. The van der Waals surface area contributed by atoms with Crippen LogP contribution in [0.2, 0.25) is 0 Å². The monoisotopic (exact) mass is 265 g/mol. The molecule has 96 valence electrons. The normalized spacial score (nSPS) is 14.9. The summed E-state index contributed by atoms with van der Waals surface area (Å²) < 4.78 is 0. The van der Waals surface area contributed by atoms with E-state index in [0.717, 1.165) is 37.3 Å². The van der Waals surface area contributed by atoms with Crippen LogP contribution in [0.5, 0.6) is 0 Å². The van der Waals surface area contributed by atoms with E-state index < -0.39 is 0 Å². The van der Waals surface area contributed by atoms with Crippen LogP contribution in [0.3, 0.4) is 0 Å². The highest BCUT2D eigenvalue weighted by molar-refractivity contribution is 5.85. The SMILES string of the molecule is Cl.O=c1[nH][nH]c2c1CCN(Cc1ccccc1)C2. The fourth-order valence-electron chi connectivity index (χ4n) is 2.37. The van der Waals surface area contributed by atoms with Crippen LogP contribution in [-0.4, -0.2) is 21.6 Å². The zero-order valence-electron chi connectivity index (χ0n) is 9.98. The Bertz CT molecular complexity index is 561. The number of halogens is 1. The van der Waals surface area contributed by atoms with Crippen LogP contribution in [0, 0.1) is 0 Å². The summed E-state index contributed by atoms with van der Waals surface area (Å²) in [6.07, 6.45) is 0.834. The first-order valence-corrected chi connectivity index (χ1v) is 5.87. The summed E-state index contributed by atoms with van der Waals surface area (Å²) in [5.41, 5.74) is 3.32. The van der Waals surface area contributed by atoms with Gasteiger partial charge in [-0.15, -0.1) is 12.4 Å². The number of fused-ring (bicyclic) bond motifs is 1. The van der Waals surface area contributed by atoms with Crippen molar-refractivity contribution in [2.45, 2.75) is 19.5 Å². The lowest BCUT2D eigenvalue weighted by Gasteiger charge is -2.25. The summed E-state index contributed by atoms with van der Waals surface area (Å²) in [6.45, 7) is 2.71. The number of nitrogens with zero attached hydrogens (tertiary/aromatic N) is 1. The molecular weight excluding hydrogens is 250 g/mol. The summed E-state index contributed by atoms with van der Waals surface area (Å²) >= 11 is 0. The van der Waals surface area contributed by atoms with Crippen molar-refractivity contribution in [3.05, 3.63) is 57.5 Å². The first-order chi connectivity index (χ1) is 8.33. The molecule has 1 aromatic heterocycles. The van der Waals surface area contributed by atoms with E-state index in [1.54, 1.807) is 0 Å². The number of hydrogen-bond acceptors (Lipinski definition) is 2. The first kappa shape index (κ1) is 12.9. The lowest BCUT2D eigenvalue weighted by atomic mass is 10.1. The van der Waals surface area contributed by atoms with E-state index in [0.29, 0.717) is 0 Å². The van der Waals surface area contributed by atoms with E-state index in [-0.39, 0.29) is 18.0 Å². The molecule has 18 heavy (non-hydrogen) atoms. The maximum absolute atomic E-state index is 11.4. The van der Waals surface area contributed by atoms with Gasteiger partial charge in [-0.25, -0.2) is 0 Å². The summed E-state index contributed by atoms with van der Waals surface area (Å²) in [5, 5.41) is 5.62. The molecule has 0 bridgehead atoms. The molecule has 0 saturated carbocycles. The van der Waals surface area contributed by atoms with E-state index in [1.807, 2.05) is 6.07 Å². The van der Waals surface area contributed by atoms with Crippen molar-refractivity contribution < 1.29 is 0 Å². The second kappa shape index (κ2) is 5.42. The minimum absolute atomic E-state index is 0. The molecule has 1 aromatic carbocycles. The van der Waals surface area contributed by atoms with E-state index >= 15 is 0 Å². The highest BCUT2D eigenvalue weighted by Gasteiger charge is 2.19. The fourth-order valence-corrected chi connectivity index (χ4v) is 2.37. The molecule has 5 heteroatoms. The number of benzene rings is 1. The lowest BCUT2D eigenvalue weighted by Crippen LogP contribution is -2.31. The summed E-state index contributed by atoms with van der Waals surface area (Å²) in [4.78, 5) is 13.8. The molecular formula is C13H16ClN3O. The topological polar surface area (TPSA) is 51.9 Å². The standard InChI is InChI=1S/C13H15N3O.ClH/c17-13-11-6-7-16(9-12(11)14-15-13)8-10-4-2-1-3-5-10;/h1-5H,6-9H2,(H2,14,15,17);1H. The minimum atomic E-state index is 0. The van der Waals surface area contributed by atoms with Crippen LogP contribution in [-0.2, 0) is 19.5 Å². The van der Waals surface area contributed by atoms with Gasteiger partial charge in [-0.2, -0.15) is 0 Å². The van der Waals surface area contributed by atoms with Gasteiger partial charge in [0.25, 0.3) is 5.56 Å². The predicted molar refractivity (Wildman–Crippen MR) is 72.9 cm³/mol. The van der Waals surface area contributed by atoms with Gasteiger partial charge in [-0.05, 0) is 12.0 Å². The fraction of sp³-hybridized carbons (Fsp3) is 0.308. The molecule has 3 rings (SSSR count). The number of rotatable bonds is 2. The predicted octanol–water partition coefficient (Wildman–Crippen LogP) is 1.68. The average molecular weight is 266 g/mol. The number of aromatic amines is 2. The third kappa shape index (κ3) is 2.49. The van der Waals surface area contributed by atoms with E-state index in [2.05, 4.69) is 39.4 Å². The maximum atomic E-state index is 11.4. The van der Waals surface area contributed by atoms with Gasteiger partial charge in [0.05, 0.1) is 5.69 Å². The van der Waals surface area contributed by atoms with Gasteiger partial charge in [-0.1, -0.05) is 30.3 Å². The molecule has 0 spiro atoms. The Hall–Kier alpha value is -1.52. The molecule has 4 nitrogen and oxygen atoms in total. The van der Waals surface area contributed by atoms with Gasteiger partial charge in [-0.3, -0.25) is 14.8 Å². The number of H-pyrrole nitrogens is 2. The van der Waals surface area contributed by atoms with Crippen LogP contribution in [0.25, 0.3) is 0 Å². The van der Waals surface area contributed by atoms with Crippen LogP contribution < -0.4 is 5.56 Å². The Balaban J connectivity index is 0.00000120. The van der Waals surface area contributed by atoms with Crippen molar-refractivity contribution in [1.82, 2.24) is 15.1 Å². The van der Waals surface area contributed by atoms with Crippen molar-refractivity contribution in [2.75, 3.05) is 6.54 Å². The molecule has 1 aliphatic heterocycles. The van der Waals surface area contributed by atoms with E-state index in [4.69, 9.17) is 0 Å². The van der Waals surface area contributed by atoms with Crippen molar-refractivity contribution in [3.63, 3.8) is 0 Å². The second-order valence-corrected chi connectivity index (χ2v) is 4.48. The van der Waals surface area contributed by atoms with Crippen LogP contribution in [0.1, 0.15) is 16.8 Å². The first-order valence-electron chi connectivity index (χ1n) is 5.87. The molecule has 0 unspecified atom stereocenters. The van der Waals surface area contributed by atoms with Crippen molar-refractivity contribution in [3.8, 4) is 0 Å². The highest BCUT2D eigenvalue weighted by Crippen LogP contribution is 2.15. The summed E-state index contributed by atoms with van der Waals surface area (Å²) in [7, 11) is 0. The zero-order valence-corrected chi connectivity index (χ0v) is 10.8. The van der Waals surface area contributed by atoms with Gasteiger partial charge in [0.15, 0.2) is 0 Å². The number of hydrogen-bond donors (Lipinski definition) is 2. The third-order valence-electron chi connectivity index (χ3n) is 3.27. The molecule has 1 aliphatic rings. The Labute approximate surface area is 111 Å². The van der Waals surface area contributed by atoms with Crippen LogP contribution >= 0.6 is 12.4 Å².